The Bertz CT molecular complexity index is 763. The van der Waals surface area contributed by atoms with Crippen molar-refractivity contribution in [1.29, 1.82) is 0 Å². The fourth-order valence-corrected chi connectivity index (χ4v) is 1.87. The van der Waals surface area contributed by atoms with E-state index >= 15 is 0 Å². The van der Waals surface area contributed by atoms with Crippen LogP contribution in [0.1, 0.15) is 6.42 Å². The van der Waals surface area contributed by atoms with Crippen LogP contribution in [0.25, 0.3) is 0 Å². The van der Waals surface area contributed by atoms with Crippen molar-refractivity contribution in [2.45, 2.75) is 54.8 Å². The smallest absolute Gasteiger partial charge is 0.351 e. The molecular formula is C14H13F17N2O3. The van der Waals surface area contributed by atoms with E-state index in [0.717, 1.165) is 5.32 Å². The van der Waals surface area contributed by atoms with Gasteiger partial charge >= 0.3 is 48.4 Å². The van der Waals surface area contributed by atoms with Gasteiger partial charge in [0.25, 0.3) is 5.91 Å². The molecule has 1 amide bonds. The van der Waals surface area contributed by atoms with Gasteiger partial charge in [0.2, 0.25) is 0 Å². The lowest BCUT2D eigenvalue weighted by Crippen LogP contribution is -2.68. The van der Waals surface area contributed by atoms with Crippen molar-refractivity contribution in [3.8, 4) is 0 Å². The number of alkyl halides is 17. The van der Waals surface area contributed by atoms with Gasteiger partial charge in [0.15, 0.2) is 0 Å². The van der Waals surface area contributed by atoms with Crippen LogP contribution in [0, 0.1) is 0 Å². The lowest BCUT2D eigenvalue weighted by atomic mass is 10.2. The first kappa shape index (κ1) is 34.2. The highest BCUT2D eigenvalue weighted by Gasteiger charge is 2.85. The molecule has 0 rings (SSSR count). The molecule has 1 N–H and O–H groups in total. The Balaban J connectivity index is 6.48. The molecule has 5 nitrogen and oxygen atoms in total. The number of nitrogens with zero attached hydrogens (tertiary/aromatic N) is 1. The Kier molecular flexibility index (Phi) is 9.62. The van der Waals surface area contributed by atoms with Gasteiger partial charge in [0.1, 0.15) is 0 Å². The normalized spacial score (nSPS) is 18.1. The molecular weight excluding hydrogens is 567 g/mol. The number of ether oxygens (including phenoxy) is 2. The summed E-state index contributed by atoms with van der Waals surface area (Å²) < 4.78 is 224. The second kappa shape index (κ2) is 10.1. The summed E-state index contributed by atoms with van der Waals surface area (Å²) in [6.45, 7) is -1.11. The Morgan fingerprint density at radius 1 is 0.667 bits per heavy atom. The Labute approximate surface area is 188 Å². The molecule has 0 aliphatic carbocycles. The Hall–Kier alpha value is -1.84. The van der Waals surface area contributed by atoms with Crippen molar-refractivity contribution in [3.05, 3.63) is 0 Å². The number of hydrogen-bond acceptors (Lipinski definition) is 4. The molecule has 216 valence electrons. The average molecular weight is 580 g/mol. The van der Waals surface area contributed by atoms with Gasteiger partial charge in [-0.3, -0.25) is 14.3 Å². The van der Waals surface area contributed by atoms with Crippen LogP contribution in [-0.2, 0) is 14.3 Å². The number of rotatable bonds is 11. The number of carbonyl (C=O) groups excluding carboxylic acids is 1. The van der Waals surface area contributed by atoms with Crippen molar-refractivity contribution in [3.63, 3.8) is 0 Å². The third kappa shape index (κ3) is 6.72. The number of nitrogens with one attached hydrogen (secondary N) is 1. The highest BCUT2D eigenvalue weighted by Crippen LogP contribution is 2.56. The van der Waals surface area contributed by atoms with Crippen molar-refractivity contribution in [2.75, 3.05) is 27.2 Å². The first-order valence-electron chi connectivity index (χ1n) is 8.55. The second-order valence-electron chi connectivity index (χ2n) is 6.91. The third-order valence-corrected chi connectivity index (χ3v) is 3.72. The molecule has 2 unspecified atom stereocenters. The van der Waals surface area contributed by atoms with Gasteiger partial charge in [-0.1, -0.05) is 0 Å². The minimum atomic E-state index is -8.02. The molecule has 0 spiro atoms. The molecule has 0 saturated heterocycles. The summed E-state index contributed by atoms with van der Waals surface area (Å²) in [6, 6.07) is 0. The molecule has 2 atom stereocenters. The summed E-state index contributed by atoms with van der Waals surface area (Å²) in [5.41, 5.74) is 0. The van der Waals surface area contributed by atoms with Crippen LogP contribution < -0.4 is 5.32 Å². The first-order valence-corrected chi connectivity index (χ1v) is 8.55. The summed E-state index contributed by atoms with van der Waals surface area (Å²) in [5, 5.41) is 0.910. The van der Waals surface area contributed by atoms with Crippen molar-refractivity contribution in [1.82, 2.24) is 10.2 Å². The predicted molar refractivity (Wildman–Crippen MR) is 79.0 cm³/mol. The SMILES string of the molecule is CN(C)CCCNC(=O)C(F)(OC(F)(F)C(F)(OC(F)(F)C(F)(F)C(F)(F)F)C(F)(F)F)C(F)(F)F. The summed E-state index contributed by atoms with van der Waals surface area (Å²) >= 11 is 0. The maximum Gasteiger partial charge on any atom is 0.462 e. The largest absolute Gasteiger partial charge is 0.462 e. The summed E-state index contributed by atoms with van der Waals surface area (Å²) in [4.78, 5) is 12.8. The molecule has 36 heavy (non-hydrogen) atoms. The van der Waals surface area contributed by atoms with Crippen LogP contribution >= 0.6 is 0 Å². The van der Waals surface area contributed by atoms with Crippen LogP contribution in [0.3, 0.4) is 0 Å². The first-order chi connectivity index (χ1) is 15.5. The molecule has 22 heteroatoms. The molecule has 0 aromatic carbocycles. The van der Waals surface area contributed by atoms with Gasteiger partial charge in [-0.05, 0) is 27.1 Å². The molecule has 0 aromatic rings. The van der Waals surface area contributed by atoms with E-state index < -0.39 is 60.8 Å². The standard InChI is InChI=1S/C14H13F17N2O3/c1-33(2)5-3-4-32-6(34)7(15,10(19,20)21)35-14(30,31)9(18,12(25,26)27)36-13(28,29)8(16,17)11(22,23)24/h3-5H2,1-2H3,(H,32,34). The number of hydrogen-bond donors (Lipinski definition) is 1. The van der Waals surface area contributed by atoms with Crippen molar-refractivity contribution in [2.24, 2.45) is 0 Å². The van der Waals surface area contributed by atoms with E-state index in [0.29, 0.717) is 0 Å². The second-order valence-corrected chi connectivity index (χ2v) is 6.91. The zero-order chi connectivity index (χ0) is 29.4. The van der Waals surface area contributed by atoms with Gasteiger partial charge in [0, 0.05) is 6.54 Å². The topological polar surface area (TPSA) is 50.8 Å². The molecule has 0 radical (unpaired) electrons. The van der Waals surface area contributed by atoms with E-state index in [1.807, 2.05) is 4.74 Å². The quantitative estimate of drug-likeness (QED) is 0.279. The van der Waals surface area contributed by atoms with Gasteiger partial charge < -0.3 is 10.2 Å². The average Bonchev–Trinajstić information content (AvgIpc) is 2.60. The van der Waals surface area contributed by atoms with Crippen molar-refractivity contribution >= 4 is 5.91 Å². The van der Waals surface area contributed by atoms with Crippen molar-refractivity contribution < 1.29 is 88.9 Å². The maximum absolute atomic E-state index is 14.2. The third-order valence-electron chi connectivity index (χ3n) is 3.72. The fourth-order valence-electron chi connectivity index (χ4n) is 1.87. The van der Waals surface area contributed by atoms with E-state index in [4.69, 9.17) is 0 Å². The van der Waals surface area contributed by atoms with Gasteiger partial charge in [-0.15, -0.1) is 0 Å². The van der Waals surface area contributed by atoms with E-state index in [2.05, 4.69) is 0 Å². The van der Waals surface area contributed by atoms with Crippen LogP contribution in [0.2, 0.25) is 0 Å². The van der Waals surface area contributed by atoms with Gasteiger partial charge in [-0.2, -0.15) is 74.6 Å². The monoisotopic (exact) mass is 580 g/mol. The van der Waals surface area contributed by atoms with Crippen LogP contribution in [-0.4, -0.2) is 86.4 Å². The van der Waals surface area contributed by atoms with E-state index in [9.17, 15) is 79.4 Å². The van der Waals surface area contributed by atoms with E-state index in [1.165, 1.54) is 23.7 Å². The van der Waals surface area contributed by atoms with Crippen LogP contribution in [0.5, 0.6) is 0 Å². The highest BCUT2D eigenvalue weighted by atomic mass is 19.4. The predicted octanol–water partition coefficient (Wildman–Crippen LogP) is 4.93. The highest BCUT2D eigenvalue weighted by molar-refractivity contribution is 5.84. The lowest BCUT2D eigenvalue weighted by molar-refractivity contribution is -0.548. The molecule has 0 fully saturated rings. The number of amides is 1. The zero-order valence-electron chi connectivity index (χ0n) is 17.2. The minimum Gasteiger partial charge on any atom is -0.351 e. The summed E-state index contributed by atoms with van der Waals surface area (Å²) in [7, 11) is 2.72. The molecule has 0 aliphatic heterocycles. The minimum absolute atomic E-state index is 0.0827. The summed E-state index contributed by atoms with van der Waals surface area (Å²) in [6.07, 6.45) is -38.8. The number of halogens is 17. The Morgan fingerprint density at radius 3 is 1.44 bits per heavy atom. The Morgan fingerprint density at radius 2 is 1.11 bits per heavy atom. The zero-order valence-corrected chi connectivity index (χ0v) is 17.2. The van der Waals surface area contributed by atoms with Crippen LogP contribution in [0.4, 0.5) is 74.6 Å². The van der Waals surface area contributed by atoms with Gasteiger partial charge in [0.05, 0.1) is 0 Å². The molecule has 0 aromatic heterocycles. The lowest BCUT2D eigenvalue weighted by Gasteiger charge is -2.40. The van der Waals surface area contributed by atoms with E-state index in [1.54, 1.807) is 0 Å². The maximum atomic E-state index is 14.2. The molecule has 0 bridgehead atoms. The number of carbonyl (C=O) groups is 1. The molecule has 0 heterocycles. The summed E-state index contributed by atoms with van der Waals surface area (Å²) in [5.74, 6) is -26.0. The molecule has 0 aliphatic rings. The van der Waals surface area contributed by atoms with Crippen LogP contribution in [0.15, 0.2) is 0 Å². The molecule has 0 saturated carbocycles. The van der Waals surface area contributed by atoms with Gasteiger partial charge in [-0.25, -0.2) is 0 Å². The van der Waals surface area contributed by atoms with E-state index in [-0.39, 0.29) is 13.0 Å². The fraction of sp³-hybridized carbons (Fsp3) is 0.929.